The van der Waals surface area contributed by atoms with Crippen LogP contribution >= 0.6 is 11.6 Å². The van der Waals surface area contributed by atoms with Gasteiger partial charge in [-0.25, -0.2) is 14.5 Å². The molecule has 9 heteroatoms. The number of aromatic nitrogens is 3. The molecular weight excluding hydrogens is 374 g/mol. The molecule has 2 spiro atoms. The molecule has 2 aromatic rings. The second-order valence-corrected chi connectivity index (χ2v) is 8.18. The van der Waals surface area contributed by atoms with Crippen molar-refractivity contribution in [2.45, 2.75) is 31.5 Å². The first-order chi connectivity index (χ1) is 12.8. The van der Waals surface area contributed by atoms with E-state index < -0.39 is 11.8 Å². The van der Waals surface area contributed by atoms with Crippen molar-refractivity contribution in [3.63, 3.8) is 0 Å². The number of aromatic carboxylic acids is 1. The van der Waals surface area contributed by atoms with Crippen LogP contribution in [0.4, 0.5) is 0 Å². The quantitative estimate of drug-likeness (QED) is 0.508. The van der Waals surface area contributed by atoms with Crippen LogP contribution in [0.2, 0.25) is 5.15 Å². The summed E-state index contributed by atoms with van der Waals surface area (Å²) in [6.45, 7) is -0.246. The van der Waals surface area contributed by atoms with E-state index in [1.165, 1.54) is 16.8 Å². The van der Waals surface area contributed by atoms with Gasteiger partial charge in [0.2, 0.25) is 11.7 Å². The van der Waals surface area contributed by atoms with Gasteiger partial charge in [-0.05, 0) is 48.6 Å². The first kappa shape index (κ1) is 17.0. The Morgan fingerprint density at radius 2 is 1.93 bits per heavy atom. The summed E-state index contributed by atoms with van der Waals surface area (Å²) in [7, 11) is 0. The highest BCUT2D eigenvalue weighted by Gasteiger charge is 2.90. The van der Waals surface area contributed by atoms with E-state index in [1.807, 2.05) is 0 Å². The van der Waals surface area contributed by atoms with E-state index in [1.54, 1.807) is 12.3 Å². The van der Waals surface area contributed by atoms with Gasteiger partial charge in [-0.3, -0.25) is 0 Å². The van der Waals surface area contributed by atoms with Crippen molar-refractivity contribution in [1.29, 1.82) is 0 Å². The Morgan fingerprint density at radius 1 is 1.26 bits per heavy atom. The summed E-state index contributed by atoms with van der Waals surface area (Å²) in [5.41, 5.74) is 0.194. The van der Waals surface area contributed by atoms with Crippen LogP contribution < -0.4 is 4.74 Å². The molecule has 0 radical (unpaired) electrons. The van der Waals surface area contributed by atoms with Crippen molar-refractivity contribution in [1.82, 2.24) is 14.8 Å². The zero-order chi connectivity index (χ0) is 19.0. The molecule has 2 aromatic heterocycles. The van der Waals surface area contributed by atoms with Crippen molar-refractivity contribution >= 4 is 17.6 Å². The minimum Gasteiger partial charge on any atom is -0.478 e. The van der Waals surface area contributed by atoms with Crippen LogP contribution in [0, 0.1) is 16.7 Å². The molecule has 3 N–H and O–H groups in total. The number of aliphatic hydroxyl groups is 2. The normalized spacial score (nSPS) is 21.4. The van der Waals surface area contributed by atoms with Crippen LogP contribution in [0.25, 0.3) is 5.82 Å². The highest BCUT2D eigenvalue weighted by molar-refractivity contribution is 6.32. The van der Waals surface area contributed by atoms with Gasteiger partial charge >= 0.3 is 5.97 Å². The number of carboxylic acids is 1. The topological polar surface area (TPSA) is 118 Å². The molecule has 0 aliphatic heterocycles. The maximum absolute atomic E-state index is 11.0. The SMILES string of the molecule is O=C(O)c1ccc(-n2ccc(OCC(O)(O)C3C4(CC4)C34CC4)n2)nc1Cl. The van der Waals surface area contributed by atoms with Gasteiger partial charge in [0.05, 0.1) is 5.56 Å². The van der Waals surface area contributed by atoms with E-state index in [2.05, 4.69) is 10.1 Å². The number of carbonyl (C=O) groups is 1. The first-order valence-corrected chi connectivity index (χ1v) is 9.20. The Kier molecular flexibility index (Phi) is 3.28. The van der Waals surface area contributed by atoms with Crippen LogP contribution in [-0.2, 0) is 0 Å². The third kappa shape index (κ3) is 2.40. The van der Waals surface area contributed by atoms with E-state index in [9.17, 15) is 15.0 Å². The third-order valence-electron chi connectivity index (χ3n) is 6.35. The number of hydrogen-bond donors (Lipinski definition) is 3. The predicted molar refractivity (Wildman–Crippen MR) is 92.8 cm³/mol. The van der Waals surface area contributed by atoms with Gasteiger partial charge in [-0.1, -0.05) is 11.6 Å². The van der Waals surface area contributed by atoms with Gasteiger partial charge in [-0.15, -0.1) is 5.10 Å². The van der Waals surface area contributed by atoms with Gasteiger partial charge in [0.1, 0.15) is 11.8 Å². The van der Waals surface area contributed by atoms with Crippen molar-refractivity contribution in [3.05, 3.63) is 35.1 Å². The average molecular weight is 392 g/mol. The molecule has 0 bridgehead atoms. The van der Waals surface area contributed by atoms with Crippen LogP contribution in [0.3, 0.4) is 0 Å². The third-order valence-corrected chi connectivity index (χ3v) is 6.64. The molecule has 0 saturated heterocycles. The van der Waals surface area contributed by atoms with Gasteiger partial charge < -0.3 is 20.1 Å². The minimum absolute atomic E-state index is 0.0955. The molecule has 0 aromatic carbocycles. The van der Waals surface area contributed by atoms with Crippen LogP contribution in [0.5, 0.6) is 5.88 Å². The summed E-state index contributed by atoms with van der Waals surface area (Å²) in [6.07, 6.45) is 5.89. The monoisotopic (exact) mass is 391 g/mol. The second-order valence-electron chi connectivity index (χ2n) is 7.82. The molecule has 3 fully saturated rings. The van der Waals surface area contributed by atoms with Crippen LogP contribution in [-0.4, -0.2) is 48.4 Å². The lowest BCUT2D eigenvalue weighted by atomic mass is 10.1. The number of pyridine rings is 1. The average Bonchev–Trinajstić information content (AvgIpc) is 3.57. The molecule has 3 saturated carbocycles. The number of rotatable bonds is 6. The van der Waals surface area contributed by atoms with E-state index in [0.717, 1.165) is 25.7 Å². The van der Waals surface area contributed by atoms with Crippen molar-refractivity contribution in [3.8, 4) is 11.7 Å². The number of halogens is 1. The molecule has 2 heterocycles. The molecule has 5 rings (SSSR count). The second kappa shape index (κ2) is 5.21. The van der Waals surface area contributed by atoms with E-state index >= 15 is 0 Å². The largest absolute Gasteiger partial charge is 0.478 e. The molecule has 0 atom stereocenters. The number of ether oxygens (including phenoxy) is 1. The van der Waals surface area contributed by atoms with Gasteiger partial charge in [-0.2, -0.15) is 0 Å². The fourth-order valence-corrected chi connectivity index (χ4v) is 5.18. The summed E-state index contributed by atoms with van der Waals surface area (Å²) >= 11 is 5.88. The standard InChI is InChI=1S/C18H18ClN3O5/c19-13-10(14(23)24)1-2-11(20-13)22-8-3-12(21-22)27-9-18(25,26)15-16(4-5-16)17(15)6-7-17/h1-3,8,15,25-26H,4-7,9H2,(H,23,24). The fourth-order valence-electron chi connectivity index (χ4n) is 4.95. The number of carboxylic acid groups (broad SMARTS) is 1. The molecule has 3 aliphatic carbocycles. The van der Waals surface area contributed by atoms with E-state index in [0.29, 0.717) is 5.82 Å². The molecule has 0 amide bonds. The number of hydrogen-bond acceptors (Lipinski definition) is 6. The maximum atomic E-state index is 11.0. The van der Waals surface area contributed by atoms with E-state index in [4.69, 9.17) is 21.4 Å². The lowest BCUT2D eigenvalue weighted by Gasteiger charge is -2.22. The maximum Gasteiger partial charge on any atom is 0.338 e. The van der Waals surface area contributed by atoms with E-state index in [-0.39, 0.29) is 40.0 Å². The fraction of sp³-hybridized carbons (Fsp3) is 0.500. The van der Waals surface area contributed by atoms with Crippen molar-refractivity contribution in [2.24, 2.45) is 16.7 Å². The lowest BCUT2D eigenvalue weighted by Crippen LogP contribution is -2.39. The molecule has 3 aliphatic rings. The van der Waals surface area contributed by atoms with Gasteiger partial charge in [0.25, 0.3) is 0 Å². The van der Waals surface area contributed by atoms with Crippen molar-refractivity contribution in [2.75, 3.05) is 6.61 Å². The molecule has 142 valence electrons. The van der Waals surface area contributed by atoms with Crippen molar-refractivity contribution < 1.29 is 24.9 Å². The zero-order valence-corrected chi connectivity index (χ0v) is 15.1. The summed E-state index contributed by atoms with van der Waals surface area (Å²) in [6, 6.07) is 4.40. The summed E-state index contributed by atoms with van der Waals surface area (Å²) in [4.78, 5) is 15.0. The number of fused-ring (bicyclic) bond motifs is 1. The Balaban J connectivity index is 1.28. The molecular formula is C18H18ClN3O5. The first-order valence-electron chi connectivity index (χ1n) is 8.83. The Morgan fingerprint density at radius 3 is 2.48 bits per heavy atom. The Bertz CT molecular complexity index is 930. The lowest BCUT2D eigenvalue weighted by molar-refractivity contribution is -0.203. The van der Waals surface area contributed by atoms with Crippen LogP contribution in [0.15, 0.2) is 24.4 Å². The summed E-state index contributed by atoms with van der Waals surface area (Å²) < 4.78 is 6.90. The molecule has 27 heavy (non-hydrogen) atoms. The zero-order valence-electron chi connectivity index (χ0n) is 14.3. The Hall–Kier alpha value is -2.16. The highest BCUT2D eigenvalue weighted by Crippen LogP contribution is 2.94. The highest BCUT2D eigenvalue weighted by atomic mass is 35.5. The summed E-state index contributed by atoms with van der Waals surface area (Å²) in [5, 5.41) is 34.1. The predicted octanol–water partition coefficient (Wildman–Crippen LogP) is 1.87. The Labute approximate surface area is 159 Å². The minimum atomic E-state index is -1.86. The smallest absolute Gasteiger partial charge is 0.338 e. The van der Waals surface area contributed by atoms with Gasteiger partial charge in [0.15, 0.2) is 5.82 Å². The van der Waals surface area contributed by atoms with Crippen LogP contribution in [0.1, 0.15) is 36.0 Å². The molecule has 8 nitrogen and oxygen atoms in total. The summed E-state index contributed by atoms with van der Waals surface area (Å²) in [5.74, 6) is -2.58. The van der Waals surface area contributed by atoms with Gasteiger partial charge in [0, 0.05) is 18.2 Å². The number of nitrogens with zero attached hydrogens (tertiary/aromatic N) is 3. The molecule has 0 unspecified atom stereocenters.